The molecule has 0 radical (unpaired) electrons. The van der Waals surface area contributed by atoms with E-state index in [-0.39, 0.29) is 5.91 Å². The molecule has 0 saturated heterocycles. The van der Waals surface area contributed by atoms with E-state index in [4.69, 9.17) is 0 Å². The molecule has 0 aliphatic heterocycles. The standard InChI is InChI=1S/C14H17N3OS/c1-3-17(10-11-6-5-9-19-11)14(18)12-7-4-8-16-13(12)15-2/h4-9H,3,10H2,1-2H3,(H,15,16). The van der Waals surface area contributed by atoms with Crippen LogP contribution in [0, 0.1) is 0 Å². The van der Waals surface area contributed by atoms with Gasteiger partial charge >= 0.3 is 0 Å². The molecule has 100 valence electrons. The fourth-order valence-corrected chi connectivity index (χ4v) is 2.58. The van der Waals surface area contributed by atoms with Crippen molar-refractivity contribution >= 4 is 23.1 Å². The van der Waals surface area contributed by atoms with E-state index < -0.39 is 0 Å². The second kappa shape index (κ2) is 6.33. The van der Waals surface area contributed by atoms with Crippen molar-refractivity contribution in [2.45, 2.75) is 13.5 Å². The molecule has 1 amide bonds. The van der Waals surface area contributed by atoms with Gasteiger partial charge in [-0.15, -0.1) is 11.3 Å². The van der Waals surface area contributed by atoms with Crippen molar-refractivity contribution in [3.63, 3.8) is 0 Å². The van der Waals surface area contributed by atoms with Gasteiger partial charge in [-0.2, -0.15) is 0 Å². The van der Waals surface area contributed by atoms with Crippen LogP contribution in [0.15, 0.2) is 35.8 Å². The van der Waals surface area contributed by atoms with E-state index in [0.29, 0.717) is 24.5 Å². The van der Waals surface area contributed by atoms with Crippen molar-refractivity contribution in [2.75, 3.05) is 18.9 Å². The number of hydrogen-bond acceptors (Lipinski definition) is 4. The largest absolute Gasteiger partial charge is 0.372 e. The van der Waals surface area contributed by atoms with Crippen LogP contribution in [0.2, 0.25) is 0 Å². The van der Waals surface area contributed by atoms with Crippen LogP contribution in [-0.4, -0.2) is 29.4 Å². The third-order valence-electron chi connectivity index (χ3n) is 2.87. The Morgan fingerprint density at radius 3 is 2.89 bits per heavy atom. The van der Waals surface area contributed by atoms with Gasteiger partial charge in [0.2, 0.25) is 0 Å². The van der Waals surface area contributed by atoms with Gasteiger partial charge in [0.15, 0.2) is 0 Å². The van der Waals surface area contributed by atoms with E-state index in [0.717, 1.165) is 0 Å². The van der Waals surface area contributed by atoms with E-state index in [9.17, 15) is 4.79 Å². The maximum atomic E-state index is 12.5. The molecule has 2 aromatic rings. The number of hydrogen-bond donors (Lipinski definition) is 1. The van der Waals surface area contributed by atoms with Crippen LogP contribution in [-0.2, 0) is 6.54 Å². The molecule has 0 bridgehead atoms. The summed E-state index contributed by atoms with van der Waals surface area (Å²) >= 11 is 1.66. The summed E-state index contributed by atoms with van der Waals surface area (Å²) in [5.74, 6) is 0.630. The number of thiophene rings is 1. The summed E-state index contributed by atoms with van der Waals surface area (Å²) in [6.07, 6.45) is 1.68. The van der Waals surface area contributed by atoms with Crippen molar-refractivity contribution in [3.8, 4) is 0 Å². The Bertz CT molecular complexity index is 539. The summed E-state index contributed by atoms with van der Waals surface area (Å²) < 4.78 is 0. The minimum atomic E-state index is 0.00773. The molecular weight excluding hydrogens is 258 g/mol. The molecule has 0 aliphatic carbocycles. The van der Waals surface area contributed by atoms with Gasteiger partial charge in [-0.25, -0.2) is 4.98 Å². The lowest BCUT2D eigenvalue weighted by molar-refractivity contribution is 0.0755. The molecule has 2 rings (SSSR count). The van der Waals surface area contributed by atoms with Crippen molar-refractivity contribution in [1.29, 1.82) is 0 Å². The zero-order valence-corrected chi connectivity index (χ0v) is 11.9. The fourth-order valence-electron chi connectivity index (χ4n) is 1.87. The average molecular weight is 275 g/mol. The molecule has 0 aromatic carbocycles. The summed E-state index contributed by atoms with van der Waals surface area (Å²) in [4.78, 5) is 19.7. The lowest BCUT2D eigenvalue weighted by Gasteiger charge is -2.21. The van der Waals surface area contributed by atoms with Crippen LogP contribution >= 0.6 is 11.3 Å². The Hall–Kier alpha value is -1.88. The van der Waals surface area contributed by atoms with Gasteiger partial charge in [-0.3, -0.25) is 4.79 Å². The van der Waals surface area contributed by atoms with E-state index >= 15 is 0 Å². The van der Waals surface area contributed by atoms with Crippen LogP contribution in [0.5, 0.6) is 0 Å². The number of nitrogens with zero attached hydrogens (tertiary/aromatic N) is 2. The summed E-state index contributed by atoms with van der Waals surface area (Å²) in [6.45, 7) is 3.31. The lowest BCUT2D eigenvalue weighted by atomic mass is 10.2. The van der Waals surface area contributed by atoms with Crippen molar-refractivity contribution in [2.24, 2.45) is 0 Å². The Balaban J connectivity index is 2.20. The summed E-state index contributed by atoms with van der Waals surface area (Å²) in [7, 11) is 1.77. The van der Waals surface area contributed by atoms with Crippen LogP contribution in [0.3, 0.4) is 0 Å². The first-order valence-electron chi connectivity index (χ1n) is 6.20. The Morgan fingerprint density at radius 1 is 1.42 bits per heavy atom. The Labute approximate surface area is 117 Å². The highest BCUT2D eigenvalue weighted by atomic mass is 32.1. The van der Waals surface area contributed by atoms with Gasteiger partial charge in [0, 0.05) is 24.7 Å². The van der Waals surface area contributed by atoms with Crippen molar-refractivity contribution in [3.05, 3.63) is 46.3 Å². The van der Waals surface area contributed by atoms with Crippen molar-refractivity contribution in [1.82, 2.24) is 9.88 Å². The molecule has 2 heterocycles. The normalized spacial score (nSPS) is 10.2. The summed E-state index contributed by atoms with van der Waals surface area (Å²) in [6, 6.07) is 7.63. The zero-order valence-electron chi connectivity index (χ0n) is 11.1. The molecule has 0 unspecified atom stereocenters. The van der Waals surface area contributed by atoms with Crippen LogP contribution in [0.1, 0.15) is 22.2 Å². The molecule has 19 heavy (non-hydrogen) atoms. The third-order valence-corrected chi connectivity index (χ3v) is 3.73. The van der Waals surface area contributed by atoms with Gasteiger partial charge in [-0.1, -0.05) is 6.07 Å². The van der Waals surface area contributed by atoms with E-state index in [1.807, 2.05) is 29.3 Å². The second-order valence-corrected chi connectivity index (χ2v) is 5.08. The molecule has 0 aliphatic rings. The zero-order chi connectivity index (χ0) is 13.7. The maximum Gasteiger partial charge on any atom is 0.257 e. The van der Waals surface area contributed by atoms with Gasteiger partial charge in [0.1, 0.15) is 5.82 Å². The van der Waals surface area contributed by atoms with Crippen LogP contribution < -0.4 is 5.32 Å². The number of nitrogens with one attached hydrogen (secondary N) is 1. The average Bonchev–Trinajstić information content (AvgIpc) is 2.97. The predicted octanol–water partition coefficient (Wildman–Crippen LogP) is 2.85. The molecule has 1 N–H and O–H groups in total. The maximum absolute atomic E-state index is 12.5. The lowest BCUT2D eigenvalue weighted by Crippen LogP contribution is -2.30. The van der Waals surface area contributed by atoms with E-state index in [2.05, 4.69) is 10.3 Å². The van der Waals surface area contributed by atoms with Gasteiger partial charge in [0.05, 0.1) is 12.1 Å². The number of aromatic nitrogens is 1. The summed E-state index contributed by atoms with van der Waals surface area (Å²) in [5.41, 5.74) is 0.614. The number of pyridine rings is 1. The Kier molecular flexibility index (Phi) is 4.52. The quantitative estimate of drug-likeness (QED) is 0.912. The van der Waals surface area contributed by atoms with E-state index in [1.165, 1.54) is 4.88 Å². The van der Waals surface area contributed by atoms with Gasteiger partial charge in [-0.05, 0) is 30.5 Å². The molecule has 0 saturated carbocycles. The monoisotopic (exact) mass is 275 g/mol. The van der Waals surface area contributed by atoms with Crippen molar-refractivity contribution < 1.29 is 4.79 Å². The van der Waals surface area contributed by atoms with Crippen LogP contribution in [0.4, 0.5) is 5.82 Å². The first kappa shape index (κ1) is 13.5. The number of carbonyl (C=O) groups is 1. The molecule has 0 spiro atoms. The first-order valence-corrected chi connectivity index (χ1v) is 7.08. The molecular formula is C14H17N3OS. The molecule has 0 atom stereocenters. The van der Waals surface area contributed by atoms with Gasteiger partial charge < -0.3 is 10.2 Å². The number of amides is 1. The minimum absolute atomic E-state index is 0.00773. The highest BCUT2D eigenvalue weighted by molar-refractivity contribution is 7.09. The highest BCUT2D eigenvalue weighted by Gasteiger charge is 2.18. The minimum Gasteiger partial charge on any atom is -0.372 e. The second-order valence-electron chi connectivity index (χ2n) is 4.05. The Morgan fingerprint density at radius 2 is 2.26 bits per heavy atom. The van der Waals surface area contributed by atoms with Gasteiger partial charge in [0.25, 0.3) is 5.91 Å². The first-order chi connectivity index (χ1) is 9.26. The number of anilines is 1. The fraction of sp³-hybridized carbons (Fsp3) is 0.286. The van der Waals surface area contributed by atoms with Crippen LogP contribution in [0.25, 0.3) is 0 Å². The molecule has 2 aromatic heterocycles. The highest BCUT2D eigenvalue weighted by Crippen LogP contribution is 2.17. The van der Waals surface area contributed by atoms with E-state index in [1.54, 1.807) is 36.7 Å². The number of rotatable bonds is 5. The SMILES string of the molecule is CCN(Cc1cccs1)C(=O)c1cccnc1NC. The molecule has 0 fully saturated rings. The number of carbonyl (C=O) groups excluding carboxylic acids is 1. The molecule has 4 nitrogen and oxygen atoms in total. The molecule has 5 heteroatoms. The topological polar surface area (TPSA) is 45.2 Å². The summed E-state index contributed by atoms with van der Waals surface area (Å²) in [5, 5.41) is 4.98. The third kappa shape index (κ3) is 3.12. The smallest absolute Gasteiger partial charge is 0.257 e. The predicted molar refractivity (Wildman–Crippen MR) is 78.5 cm³/mol.